The maximum Gasteiger partial charge on any atom is 0.321 e. The largest absolute Gasteiger partial charge is 0.368 e. The molecule has 0 atom stereocenters. The van der Waals surface area contributed by atoms with Gasteiger partial charge < -0.3 is 16.0 Å². The number of urea groups is 1. The zero-order valence-corrected chi connectivity index (χ0v) is 14.0. The summed E-state index contributed by atoms with van der Waals surface area (Å²) in [5.41, 5.74) is 9.53. The van der Waals surface area contributed by atoms with Crippen molar-refractivity contribution in [2.24, 2.45) is 0 Å². The second-order valence-corrected chi connectivity index (χ2v) is 5.96. The molecule has 0 fully saturated rings. The molecule has 2 amide bonds. The van der Waals surface area contributed by atoms with Gasteiger partial charge in [-0.25, -0.2) is 14.8 Å². The lowest BCUT2D eigenvalue weighted by atomic mass is 9.97. The molecule has 1 aromatic heterocycles. The number of rotatable bonds is 4. The first kappa shape index (κ1) is 16.7. The molecule has 3 N–H and O–H groups in total. The Balaban J connectivity index is 2.03. The number of carbonyl (C=O) groups is 1. The van der Waals surface area contributed by atoms with E-state index in [2.05, 4.69) is 36.1 Å². The number of nitrogens with one attached hydrogen (secondary N) is 1. The van der Waals surface area contributed by atoms with Crippen molar-refractivity contribution in [2.75, 3.05) is 18.1 Å². The van der Waals surface area contributed by atoms with Crippen LogP contribution in [0, 0.1) is 6.92 Å². The Bertz CT molecular complexity index is 682. The topological polar surface area (TPSA) is 84.1 Å². The summed E-state index contributed by atoms with van der Waals surface area (Å²) < 4.78 is 0. The van der Waals surface area contributed by atoms with Crippen molar-refractivity contribution in [3.05, 3.63) is 47.3 Å². The number of aryl methyl sites for hydroxylation is 1. The van der Waals surface area contributed by atoms with E-state index >= 15 is 0 Å². The molecule has 0 saturated heterocycles. The van der Waals surface area contributed by atoms with Crippen LogP contribution < -0.4 is 11.1 Å². The zero-order valence-electron chi connectivity index (χ0n) is 14.0. The lowest BCUT2D eigenvalue weighted by Crippen LogP contribution is -2.31. The number of nitrogen functional groups attached to an aromatic ring is 1. The van der Waals surface area contributed by atoms with E-state index in [9.17, 15) is 4.79 Å². The molecule has 0 aliphatic heterocycles. The van der Waals surface area contributed by atoms with Gasteiger partial charge in [-0.05, 0) is 36.1 Å². The van der Waals surface area contributed by atoms with Crippen LogP contribution in [0.4, 0.5) is 16.4 Å². The number of amides is 2. The summed E-state index contributed by atoms with van der Waals surface area (Å²) in [6, 6.07) is 5.79. The summed E-state index contributed by atoms with van der Waals surface area (Å²) in [5, 5.41) is 2.92. The van der Waals surface area contributed by atoms with Crippen molar-refractivity contribution in [3.8, 4) is 0 Å². The molecule has 2 aromatic rings. The Morgan fingerprint density at radius 3 is 2.57 bits per heavy atom. The van der Waals surface area contributed by atoms with Gasteiger partial charge in [0, 0.05) is 30.7 Å². The molecular weight excluding hydrogens is 290 g/mol. The molecule has 2 rings (SSSR count). The summed E-state index contributed by atoms with van der Waals surface area (Å²) in [6.07, 6.45) is 3.24. The van der Waals surface area contributed by atoms with Gasteiger partial charge in [0.25, 0.3) is 0 Å². The molecule has 1 aromatic carbocycles. The Hall–Kier alpha value is -2.63. The normalized spacial score (nSPS) is 10.7. The number of carbonyl (C=O) groups excluding carboxylic acids is 1. The van der Waals surface area contributed by atoms with E-state index in [0.29, 0.717) is 12.5 Å². The Morgan fingerprint density at radius 1 is 1.30 bits per heavy atom. The minimum absolute atomic E-state index is 0.180. The van der Waals surface area contributed by atoms with Gasteiger partial charge in [0.2, 0.25) is 5.95 Å². The quantitative estimate of drug-likeness (QED) is 0.908. The smallest absolute Gasteiger partial charge is 0.321 e. The molecule has 0 radical (unpaired) electrons. The fourth-order valence-corrected chi connectivity index (χ4v) is 2.35. The van der Waals surface area contributed by atoms with E-state index in [1.165, 1.54) is 11.1 Å². The Kier molecular flexibility index (Phi) is 5.16. The number of nitrogens with zero attached hydrogens (tertiary/aromatic N) is 3. The average molecular weight is 313 g/mol. The molecule has 0 aliphatic carbocycles. The third kappa shape index (κ3) is 4.42. The van der Waals surface area contributed by atoms with E-state index in [4.69, 9.17) is 5.73 Å². The van der Waals surface area contributed by atoms with E-state index in [-0.39, 0.29) is 12.0 Å². The lowest BCUT2D eigenvalue weighted by Gasteiger charge is -2.19. The van der Waals surface area contributed by atoms with Gasteiger partial charge in [0.15, 0.2) is 0 Å². The molecule has 0 spiro atoms. The second kappa shape index (κ2) is 7.09. The van der Waals surface area contributed by atoms with Crippen LogP contribution in [0.5, 0.6) is 0 Å². The van der Waals surface area contributed by atoms with Crippen LogP contribution >= 0.6 is 0 Å². The van der Waals surface area contributed by atoms with Crippen molar-refractivity contribution >= 4 is 17.7 Å². The van der Waals surface area contributed by atoms with Crippen LogP contribution in [0.25, 0.3) is 0 Å². The third-order valence-corrected chi connectivity index (χ3v) is 3.64. The third-order valence-electron chi connectivity index (χ3n) is 3.64. The standard InChI is InChI=1S/C17H23N5O/c1-11(2)15-7-14(6-5-12(15)3)21-17(23)22(4)10-13-8-19-16(18)20-9-13/h5-9,11H,10H2,1-4H3,(H,21,23)(H2,18,19,20). The number of hydrogen-bond acceptors (Lipinski definition) is 4. The van der Waals surface area contributed by atoms with Crippen LogP contribution in [0.3, 0.4) is 0 Å². The summed E-state index contributed by atoms with van der Waals surface area (Å²) in [7, 11) is 1.73. The number of aromatic nitrogens is 2. The minimum atomic E-state index is -0.180. The maximum absolute atomic E-state index is 12.3. The predicted molar refractivity (Wildman–Crippen MR) is 92.2 cm³/mol. The first-order valence-electron chi connectivity index (χ1n) is 7.56. The first-order chi connectivity index (χ1) is 10.9. The van der Waals surface area contributed by atoms with Gasteiger partial charge in [-0.15, -0.1) is 0 Å². The van der Waals surface area contributed by atoms with Crippen molar-refractivity contribution in [2.45, 2.75) is 33.2 Å². The lowest BCUT2D eigenvalue weighted by molar-refractivity contribution is 0.220. The van der Waals surface area contributed by atoms with E-state index in [0.717, 1.165) is 11.3 Å². The molecule has 1 heterocycles. The van der Waals surface area contributed by atoms with Crippen LogP contribution in [0.15, 0.2) is 30.6 Å². The van der Waals surface area contributed by atoms with Gasteiger partial charge in [-0.3, -0.25) is 0 Å². The fraction of sp³-hybridized carbons (Fsp3) is 0.353. The first-order valence-corrected chi connectivity index (χ1v) is 7.56. The Labute approximate surface area is 136 Å². The highest BCUT2D eigenvalue weighted by molar-refractivity contribution is 5.89. The molecule has 122 valence electrons. The molecule has 23 heavy (non-hydrogen) atoms. The summed E-state index contributed by atoms with van der Waals surface area (Å²) in [4.78, 5) is 21.7. The summed E-state index contributed by atoms with van der Waals surface area (Å²) in [6.45, 7) is 6.77. The molecule has 0 saturated carbocycles. The minimum Gasteiger partial charge on any atom is -0.368 e. The number of anilines is 2. The number of benzene rings is 1. The molecule has 6 nitrogen and oxygen atoms in total. The highest BCUT2D eigenvalue weighted by atomic mass is 16.2. The van der Waals surface area contributed by atoms with E-state index < -0.39 is 0 Å². The highest BCUT2D eigenvalue weighted by Gasteiger charge is 2.11. The van der Waals surface area contributed by atoms with Crippen LogP contribution in [0.1, 0.15) is 36.5 Å². The molecule has 0 aliphatic rings. The van der Waals surface area contributed by atoms with Crippen LogP contribution in [-0.2, 0) is 6.54 Å². The van der Waals surface area contributed by atoms with Crippen molar-refractivity contribution in [1.29, 1.82) is 0 Å². The van der Waals surface area contributed by atoms with Crippen molar-refractivity contribution < 1.29 is 4.79 Å². The monoisotopic (exact) mass is 313 g/mol. The van der Waals surface area contributed by atoms with E-state index in [1.54, 1.807) is 24.3 Å². The fourth-order valence-electron chi connectivity index (χ4n) is 2.35. The number of nitrogens with two attached hydrogens (primary N) is 1. The highest BCUT2D eigenvalue weighted by Crippen LogP contribution is 2.23. The molecule has 0 unspecified atom stereocenters. The average Bonchev–Trinajstić information content (AvgIpc) is 2.51. The predicted octanol–water partition coefficient (Wildman–Crippen LogP) is 3.15. The zero-order chi connectivity index (χ0) is 17.0. The van der Waals surface area contributed by atoms with Crippen molar-refractivity contribution in [1.82, 2.24) is 14.9 Å². The van der Waals surface area contributed by atoms with Gasteiger partial charge in [0.05, 0.1) is 6.54 Å². The Morgan fingerprint density at radius 2 is 1.96 bits per heavy atom. The van der Waals surface area contributed by atoms with Crippen molar-refractivity contribution in [3.63, 3.8) is 0 Å². The molecule has 0 bridgehead atoms. The number of hydrogen-bond donors (Lipinski definition) is 2. The van der Waals surface area contributed by atoms with E-state index in [1.807, 2.05) is 18.2 Å². The van der Waals surface area contributed by atoms with Gasteiger partial charge in [-0.2, -0.15) is 0 Å². The summed E-state index contributed by atoms with van der Waals surface area (Å²) >= 11 is 0. The van der Waals surface area contributed by atoms with Crippen LogP contribution in [-0.4, -0.2) is 27.9 Å². The van der Waals surface area contributed by atoms with Crippen LogP contribution in [0.2, 0.25) is 0 Å². The second-order valence-electron chi connectivity index (χ2n) is 5.96. The maximum atomic E-state index is 12.3. The molecule has 6 heteroatoms. The van der Waals surface area contributed by atoms with Gasteiger partial charge >= 0.3 is 6.03 Å². The summed E-state index contributed by atoms with van der Waals surface area (Å²) in [5.74, 6) is 0.637. The SMILES string of the molecule is Cc1ccc(NC(=O)N(C)Cc2cnc(N)nc2)cc1C(C)C. The molecular formula is C17H23N5O. The van der Waals surface area contributed by atoms with Gasteiger partial charge in [0.1, 0.15) is 0 Å². The van der Waals surface area contributed by atoms with Gasteiger partial charge in [-0.1, -0.05) is 19.9 Å².